The molecule has 1 aliphatic heterocycles. The summed E-state index contributed by atoms with van der Waals surface area (Å²) in [7, 11) is -4.97. The third-order valence-corrected chi connectivity index (χ3v) is 3.88. The predicted octanol–water partition coefficient (Wildman–Crippen LogP) is -5.49. The summed E-state index contributed by atoms with van der Waals surface area (Å²) >= 11 is 0. The van der Waals surface area contributed by atoms with Crippen molar-refractivity contribution in [1.82, 2.24) is 19.5 Å². The summed E-state index contributed by atoms with van der Waals surface area (Å²) in [5, 5.41) is 20.0. The van der Waals surface area contributed by atoms with E-state index in [2.05, 4.69) is 19.5 Å². The maximum Gasteiger partial charge on any atom is 1.00 e. The van der Waals surface area contributed by atoms with E-state index in [1.54, 1.807) is 0 Å². The Bertz CT molecular complexity index is 769. The van der Waals surface area contributed by atoms with E-state index in [9.17, 15) is 19.7 Å². The number of nitrogens with zero attached hydrogens (tertiary/aromatic N) is 4. The molecule has 0 bridgehead atoms. The number of anilines is 1. The van der Waals surface area contributed by atoms with Crippen LogP contribution in [0.3, 0.4) is 0 Å². The van der Waals surface area contributed by atoms with E-state index < -0.39 is 39.0 Å². The quantitative estimate of drug-likeness (QED) is 0.297. The van der Waals surface area contributed by atoms with Gasteiger partial charge in [-0.15, -0.1) is 0 Å². The minimum absolute atomic E-state index is 0. The second-order valence-electron chi connectivity index (χ2n) is 4.89. The van der Waals surface area contributed by atoms with Crippen LogP contribution in [-0.4, -0.2) is 59.5 Å². The average molecular weight is 369 g/mol. The van der Waals surface area contributed by atoms with Crippen molar-refractivity contribution in [3.63, 3.8) is 0 Å². The van der Waals surface area contributed by atoms with Gasteiger partial charge in [0.15, 0.2) is 17.7 Å². The number of aliphatic hydroxyl groups excluding tert-OH is 2. The second-order valence-corrected chi connectivity index (χ2v) is 6.09. The summed E-state index contributed by atoms with van der Waals surface area (Å²) in [6, 6.07) is 0. The zero-order valence-corrected chi connectivity index (χ0v) is 15.4. The molecule has 0 radical (unpaired) electrons. The number of nitrogens with two attached hydrogens (primary N) is 1. The van der Waals surface area contributed by atoms with Gasteiger partial charge in [0.2, 0.25) is 0 Å². The molecule has 1 saturated heterocycles. The Kier molecular flexibility index (Phi) is 5.98. The monoisotopic (exact) mass is 369 g/mol. The Labute approximate surface area is 157 Å². The zero-order valence-electron chi connectivity index (χ0n) is 12.5. The summed E-state index contributed by atoms with van der Waals surface area (Å²) in [4.78, 5) is 31.0. The molecular weight excluding hydrogens is 356 g/mol. The third kappa shape index (κ3) is 3.78. The van der Waals surface area contributed by atoms with E-state index >= 15 is 0 Å². The molecule has 1 aliphatic rings. The summed E-state index contributed by atoms with van der Waals surface area (Å²) in [5.74, 6) is 0.134. The van der Waals surface area contributed by atoms with Crippen LogP contribution in [0.4, 0.5) is 5.82 Å². The molecule has 126 valence electrons. The molecule has 2 aromatic heterocycles. The standard InChI is InChI=1S/C10H14N5O7P.Na/c11-8-5-9(13-2-12-8)15(3-14-5)10-7(17)6(16)4(22-10)1-21-23(18,19)20;/h2-4,6-7,10,16-17H,1H2,(H2,11,12,13)(H2,18,19,20);/q;+1/p-1/t4-,6-,7+,10-;/m1./s1. The molecule has 0 amide bonds. The first-order chi connectivity index (χ1) is 10.8. The van der Waals surface area contributed by atoms with Crippen molar-refractivity contribution in [3.05, 3.63) is 12.7 Å². The van der Waals surface area contributed by atoms with Crippen molar-refractivity contribution in [1.29, 1.82) is 0 Å². The number of ether oxygens (including phenoxy) is 1. The van der Waals surface area contributed by atoms with E-state index in [-0.39, 0.29) is 46.5 Å². The fourth-order valence-electron chi connectivity index (χ4n) is 2.32. The van der Waals surface area contributed by atoms with E-state index in [4.69, 9.17) is 15.4 Å². The molecule has 12 nitrogen and oxygen atoms in total. The van der Waals surface area contributed by atoms with Gasteiger partial charge in [-0.1, -0.05) is 0 Å². The molecule has 0 aliphatic carbocycles. The number of rotatable bonds is 4. The maximum absolute atomic E-state index is 10.6. The molecule has 1 unspecified atom stereocenters. The SMILES string of the molecule is Nc1ncnc2c1ncn2[C@@H]1O[C@H](COP(=O)([O-])O)[C@@H](O)[C@@H]1O.[Na+]. The molecule has 5 atom stereocenters. The van der Waals surface area contributed by atoms with Crippen LogP contribution in [-0.2, 0) is 13.8 Å². The van der Waals surface area contributed by atoms with Gasteiger partial charge in [0, 0.05) is 0 Å². The van der Waals surface area contributed by atoms with Gasteiger partial charge in [-0.2, -0.15) is 0 Å². The van der Waals surface area contributed by atoms with Crippen LogP contribution < -0.4 is 40.2 Å². The second kappa shape index (κ2) is 7.30. The van der Waals surface area contributed by atoms with Crippen molar-refractivity contribution < 1.29 is 63.4 Å². The Morgan fingerprint density at radius 2 is 2.08 bits per heavy atom. The molecule has 0 saturated carbocycles. The largest absolute Gasteiger partial charge is 1.00 e. The van der Waals surface area contributed by atoms with Crippen LogP contribution in [0.5, 0.6) is 0 Å². The molecule has 2 aromatic rings. The molecule has 3 heterocycles. The van der Waals surface area contributed by atoms with Crippen LogP contribution in [0.25, 0.3) is 11.2 Å². The smallest absolute Gasteiger partial charge is 0.756 e. The molecule has 3 rings (SSSR count). The Morgan fingerprint density at radius 3 is 2.75 bits per heavy atom. The van der Waals surface area contributed by atoms with Gasteiger partial charge in [0.25, 0.3) is 7.82 Å². The number of phosphoric acid groups is 1. The van der Waals surface area contributed by atoms with Crippen molar-refractivity contribution in [2.75, 3.05) is 12.3 Å². The Balaban J connectivity index is 0.00000208. The van der Waals surface area contributed by atoms with Gasteiger partial charge in [-0.3, -0.25) is 9.13 Å². The van der Waals surface area contributed by atoms with Crippen molar-refractivity contribution in [2.45, 2.75) is 24.5 Å². The number of hydrogen-bond acceptors (Lipinski definition) is 10. The minimum Gasteiger partial charge on any atom is -0.756 e. The molecule has 1 fully saturated rings. The first-order valence-electron chi connectivity index (χ1n) is 6.41. The maximum atomic E-state index is 10.6. The molecule has 14 heteroatoms. The molecule has 5 N–H and O–H groups in total. The predicted molar refractivity (Wildman–Crippen MR) is 71.4 cm³/mol. The first kappa shape index (κ1) is 19.7. The van der Waals surface area contributed by atoms with Crippen molar-refractivity contribution in [2.24, 2.45) is 0 Å². The van der Waals surface area contributed by atoms with E-state index in [1.165, 1.54) is 17.2 Å². The number of imidazole rings is 1. The number of hydrogen-bond donors (Lipinski definition) is 4. The Morgan fingerprint density at radius 1 is 1.38 bits per heavy atom. The molecule has 0 spiro atoms. The van der Waals surface area contributed by atoms with Crippen molar-refractivity contribution >= 4 is 24.8 Å². The molecule has 24 heavy (non-hydrogen) atoms. The van der Waals surface area contributed by atoms with Gasteiger partial charge in [0.05, 0.1) is 12.9 Å². The number of nitrogen functional groups attached to an aromatic ring is 1. The molecular formula is C10H13N5NaO7P. The number of aromatic nitrogens is 4. The topological polar surface area (TPSA) is 189 Å². The number of aliphatic hydroxyl groups is 2. The summed E-state index contributed by atoms with van der Waals surface area (Å²) in [6.07, 6.45) is -2.62. The fourth-order valence-corrected chi connectivity index (χ4v) is 2.66. The van der Waals surface area contributed by atoms with Gasteiger partial charge in [-0.25, -0.2) is 15.0 Å². The summed E-state index contributed by atoms with van der Waals surface area (Å²) in [6.45, 7) is -0.657. The first-order valence-corrected chi connectivity index (χ1v) is 7.90. The van der Waals surface area contributed by atoms with Gasteiger partial charge < -0.3 is 35.0 Å². The summed E-state index contributed by atoms with van der Waals surface area (Å²) in [5.41, 5.74) is 6.22. The van der Waals surface area contributed by atoms with E-state index in [1.807, 2.05) is 0 Å². The average Bonchev–Trinajstić information content (AvgIpc) is 3.01. The zero-order chi connectivity index (χ0) is 16.8. The number of fused-ring (bicyclic) bond motifs is 1. The number of phosphoric ester groups is 1. The van der Waals surface area contributed by atoms with Crippen LogP contribution in [0, 0.1) is 0 Å². The van der Waals surface area contributed by atoms with Crippen LogP contribution >= 0.6 is 7.82 Å². The van der Waals surface area contributed by atoms with Gasteiger partial charge >= 0.3 is 29.6 Å². The van der Waals surface area contributed by atoms with Gasteiger partial charge in [-0.05, 0) is 0 Å². The molecule has 0 aromatic carbocycles. The van der Waals surface area contributed by atoms with Gasteiger partial charge in [0.1, 0.15) is 30.2 Å². The van der Waals surface area contributed by atoms with Crippen LogP contribution in [0.1, 0.15) is 6.23 Å². The van der Waals surface area contributed by atoms with Crippen LogP contribution in [0.2, 0.25) is 0 Å². The van der Waals surface area contributed by atoms with E-state index in [0.29, 0.717) is 0 Å². The summed E-state index contributed by atoms with van der Waals surface area (Å²) < 4.78 is 21.5. The third-order valence-electron chi connectivity index (χ3n) is 3.40. The Hall–Kier alpha value is -0.660. The normalized spacial score (nSPS) is 29.3. The van der Waals surface area contributed by atoms with Crippen LogP contribution in [0.15, 0.2) is 12.7 Å². The fraction of sp³-hybridized carbons (Fsp3) is 0.500. The minimum atomic E-state index is -4.97. The van der Waals surface area contributed by atoms with E-state index in [0.717, 1.165) is 0 Å². The van der Waals surface area contributed by atoms with Crippen molar-refractivity contribution in [3.8, 4) is 0 Å².